The van der Waals surface area contributed by atoms with E-state index in [1.54, 1.807) is 7.11 Å². The molecule has 0 spiro atoms. The highest BCUT2D eigenvalue weighted by Crippen LogP contribution is 2.38. The van der Waals surface area contributed by atoms with Gasteiger partial charge in [-0.3, -0.25) is 0 Å². The summed E-state index contributed by atoms with van der Waals surface area (Å²) in [5.41, 5.74) is 2.31. The maximum Gasteiger partial charge on any atom is 0.123 e. The normalized spacial score (nSPS) is 18.9. The molecule has 0 amide bonds. The Bertz CT molecular complexity index is 382. The van der Waals surface area contributed by atoms with Gasteiger partial charge in [0, 0.05) is 11.5 Å². The Morgan fingerprint density at radius 3 is 3.00 bits per heavy atom. The lowest BCUT2D eigenvalue weighted by molar-refractivity contribution is 0.277. The molecular formula is C13H16O2. The van der Waals surface area contributed by atoms with Crippen molar-refractivity contribution in [2.45, 2.75) is 19.3 Å². The quantitative estimate of drug-likeness (QED) is 0.689. The highest BCUT2D eigenvalue weighted by molar-refractivity contribution is 5.49. The van der Waals surface area contributed by atoms with Crippen molar-refractivity contribution in [3.63, 3.8) is 0 Å². The molecule has 2 nitrogen and oxygen atoms in total. The molecule has 0 bridgehead atoms. The Labute approximate surface area is 90.5 Å². The van der Waals surface area contributed by atoms with E-state index in [0.717, 1.165) is 30.1 Å². The van der Waals surface area contributed by atoms with Crippen LogP contribution < -0.4 is 9.47 Å². The molecule has 15 heavy (non-hydrogen) atoms. The van der Waals surface area contributed by atoms with Gasteiger partial charge in [0.05, 0.1) is 13.7 Å². The zero-order chi connectivity index (χ0) is 10.8. The Hall–Kier alpha value is -1.44. The molecule has 0 aliphatic carbocycles. The van der Waals surface area contributed by atoms with Gasteiger partial charge in [0.2, 0.25) is 0 Å². The molecule has 0 aromatic heterocycles. The zero-order valence-corrected chi connectivity index (χ0v) is 9.25. The fraction of sp³-hybridized carbons (Fsp3) is 0.385. The summed E-state index contributed by atoms with van der Waals surface area (Å²) in [6, 6.07) is 4.11. The number of benzene rings is 1. The van der Waals surface area contributed by atoms with Gasteiger partial charge in [0.15, 0.2) is 0 Å². The molecule has 1 aromatic rings. The van der Waals surface area contributed by atoms with Crippen molar-refractivity contribution in [3.8, 4) is 11.5 Å². The molecule has 1 heterocycles. The van der Waals surface area contributed by atoms with E-state index in [-0.39, 0.29) is 0 Å². The molecule has 0 N–H and O–H groups in total. The van der Waals surface area contributed by atoms with Crippen LogP contribution in [-0.2, 0) is 0 Å². The summed E-state index contributed by atoms with van der Waals surface area (Å²) >= 11 is 0. The Morgan fingerprint density at radius 2 is 2.33 bits per heavy atom. The van der Waals surface area contributed by atoms with Crippen LogP contribution in [0.4, 0.5) is 0 Å². The number of ether oxygens (including phenoxy) is 2. The monoisotopic (exact) mass is 204 g/mol. The van der Waals surface area contributed by atoms with Crippen LogP contribution in [0.3, 0.4) is 0 Å². The lowest BCUT2D eigenvalue weighted by Crippen LogP contribution is -2.13. The van der Waals surface area contributed by atoms with E-state index < -0.39 is 0 Å². The molecule has 1 aliphatic rings. The fourth-order valence-electron chi connectivity index (χ4n) is 2.01. The maximum absolute atomic E-state index is 5.63. The molecular weight excluding hydrogens is 188 g/mol. The Morgan fingerprint density at radius 1 is 1.53 bits per heavy atom. The smallest absolute Gasteiger partial charge is 0.123 e. The predicted molar refractivity (Wildman–Crippen MR) is 60.8 cm³/mol. The highest BCUT2D eigenvalue weighted by Gasteiger charge is 2.20. The summed E-state index contributed by atoms with van der Waals surface area (Å²) in [6.45, 7) is 6.67. The van der Waals surface area contributed by atoms with Crippen LogP contribution in [0.25, 0.3) is 0 Å². The van der Waals surface area contributed by atoms with Crippen molar-refractivity contribution in [1.82, 2.24) is 0 Å². The third kappa shape index (κ3) is 1.72. The van der Waals surface area contributed by atoms with Crippen LogP contribution in [0.1, 0.15) is 23.5 Å². The van der Waals surface area contributed by atoms with Gasteiger partial charge in [-0.1, -0.05) is 6.08 Å². The van der Waals surface area contributed by atoms with Crippen molar-refractivity contribution < 1.29 is 9.47 Å². The summed E-state index contributed by atoms with van der Waals surface area (Å²) in [5.74, 6) is 2.29. The standard InChI is InChI=1S/C13H16O2/c1-4-10-5-6-15-13-7-9(2)12(14-3)8-11(10)13/h4,7-8,10H,1,5-6H2,2-3H3. The highest BCUT2D eigenvalue weighted by atomic mass is 16.5. The van der Waals surface area contributed by atoms with Gasteiger partial charge >= 0.3 is 0 Å². The first-order chi connectivity index (χ1) is 7.26. The summed E-state index contributed by atoms with van der Waals surface area (Å²) in [5, 5.41) is 0. The first kappa shape index (κ1) is 10.1. The van der Waals surface area contributed by atoms with Crippen LogP contribution in [0, 0.1) is 6.92 Å². The molecule has 1 aromatic carbocycles. The SMILES string of the molecule is C=CC1CCOc2cc(C)c(OC)cc21. The van der Waals surface area contributed by atoms with E-state index in [1.807, 2.05) is 19.1 Å². The van der Waals surface area contributed by atoms with Crippen molar-refractivity contribution in [1.29, 1.82) is 0 Å². The average Bonchev–Trinajstić information content (AvgIpc) is 2.27. The minimum atomic E-state index is 0.392. The number of rotatable bonds is 2. The molecule has 0 saturated carbocycles. The lowest BCUT2D eigenvalue weighted by atomic mass is 9.92. The third-order valence-electron chi connectivity index (χ3n) is 2.90. The number of allylic oxidation sites excluding steroid dienone is 1. The van der Waals surface area contributed by atoms with E-state index >= 15 is 0 Å². The van der Waals surface area contributed by atoms with E-state index in [0.29, 0.717) is 5.92 Å². The van der Waals surface area contributed by atoms with Crippen LogP contribution in [0.2, 0.25) is 0 Å². The van der Waals surface area contributed by atoms with Gasteiger partial charge < -0.3 is 9.47 Å². The fourth-order valence-corrected chi connectivity index (χ4v) is 2.01. The molecule has 2 heteroatoms. The van der Waals surface area contributed by atoms with Crippen molar-refractivity contribution in [2.24, 2.45) is 0 Å². The Kier molecular flexibility index (Phi) is 2.67. The van der Waals surface area contributed by atoms with E-state index in [2.05, 4.69) is 12.6 Å². The summed E-state index contributed by atoms with van der Waals surface area (Å²) < 4.78 is 10.9. The first-order valence-electron chi connectivity index (χ1n) is 5.20. The van der Waals surface area contributed by atoms with Crippen molar-refractivity contribution >= 4 is 0 Å². The van der Waals surface area contributed by atoms with Gasteiger partial charge in [-0.2, -0.15) is 0 Å². The number of hydrogen-bond donors (Lipinski definition) is 0. The average molecular weight is 204 g/mol. The predicted octanol–water partition coefficient (Wildman–Crippen LogP) is 3.06. The minimum Gasteiger partial charge on any atom is -0.496 e. The van der Waals surface area contributed by atoms with Gasteiger partial charge in [-0.05, 0) is 31.0 Å². The van der Waals surface area contributed by atoms with E-state index in [4.69, 9.17) is 9.47 Å². The van der Waals surface area contributed by atoms with Crippen molar-refractivity contribution in [3.05, 3.63) is 35.9 Å². The van der Waals surface area contributed by atoms with Crippen molar-refractivity contribution in [2.75, 3.05) is 13.7 Å². The summed E-state index contributed by atoms with van der Waals surface area (Å²) in [6.07, 6.45) is 2.98. The molecule has 1 atom stereocenters. The largest absolute Gasteiger partial charge is 0.496 e. The molecule has 2 rings (SSSR count). The maximum atomic E-state index is 5.63. The second kappa shape index (κ2) is 3.97. The Balaban J connectivity index is 2.50. The van der Waals surface area contributed by atoms with E-state index in [9.17, 15) is 0 Å². The first-order valence-corrected chi connectivity index (χ1v) is 5.20. The summed E-state index contributed by atoms with van der Waals surface area (Å²) in [4.78, 5) is 0. The number of hydrogen-bond acceptors (Lipinski definition) is 2. The summed E-state index contributed by atoms with van der Waals surface area (Å²) in [7, 11) is 1.70. The molecule has 0 radical (unpaired) electrons. The molecule has 1 unspecified atom stereocenters. The minimum absolute atomic E-state index is 0.392. The van der Waals surface area contributed by atoms with Gasteiger partial charge in [-0.25, -0.2) is 0 Å². The third-order valence-corrected chi connectivity index (χ3v) is 2.90. The molecule has 0 fully saturated rings. The second-order valence-corrected chi connectivity index (χ2v) is 3.84. The zero-order valence-electron chi connectivity index (χ0n) is 9.25. The number of fused-ring (bicyclic) bond motifs is 1. The van der Waals surface area contributed by atoms with Crippen LogP contribution in [-0.4, -0.2) is 13.7 Å². The molecule has 0 saturated heterocycles. The van der Waals surface area contributed by atoms with Crippen LogP contribution in [0.5, 0.6) is 11.5 Å². The number of methoxy groups -OCH3 is 1. The van der Waals surface area contributed by atoms with Gasteiger partial charge in [-0.15, -0.1) is 6.58 Å². The van der Waals surface area contributed by atoms with Crippen LogP contribution >= 0.6 is 0 Å². The van der Waals surface area contributed by atoms with Gasteiger partial charge in [0.25, 0.3) is 0 Å². The lowest BCUT2D eigenvalue weighted by Gasteiger charge is -2.24. The topological polar surface area (TPSA) is 18.5 Å². The second-order valence-electron chi connectivity index (χ2n) is 3.84. The number of aryl methyl sites for hydroxylation is 1. The van der Waals surface area contributed by atoms with E-state index in [1.165, 1.54) is 5.56 Å². The van der Waals surface area contributed by atoms with Crippen LogP contribution in [0.15, 0.2) is 24.8 Å². The van der Waals surface area contributed by atoms with Gasteiger partial charge in [0.1, 0.15) is 11.5 Å². The molecule has 1 aliphatic heterocycles. The molecule has 80 valence electrons.